The van der Waals surface area contributed by atoms with Crippen LogP contribution in [0.25, 0.3) is 0 Å². The first-order chi connectivity index (χ1) is 13.7. The Kier molecular flexibility index (Phi) is 6.06. The molecular weight excluding hydrogens is 404 g/mol. The Balaban J connectivity index is 1.87. The molecule has 3 rings (SSSR count). The van der Waals surface area contributed by atoms with Crippen LogP contribution in [0, 0.1) is 23.4 Å². The van der Waals surface area contributed by atoms with Gasteiger partial charge in [-0.1, -0.05) is 47.8 Å². The zero-order valence-electron chi connectivity index (χ0n) is 16.0. The smallest absolute Gasteiger partial charge is 0.232 e. The normalized spacial score (nSPS) is 10.8. The standard InChI is InChI=1S/C22H20N2O3S2/c1-17-5-7-18(8-6-17)9-10-19-11-13-21(14-12-19)24(29(2,26)27)16-20-4-3-15-23(25)22(20)28/h3-8,11-15,25H,16H2,1-2H3. The highest BCUT2D eigenvalue weighted by molar-refractivity contribution is 7.92. The topological polar surface area (TPSA) is 62.5 Å². The molecule has 0 radical (unpaired) electrons. The van der Waals surface area contributed by atoms with Crippen LogP contribution in [-0.2, 0) is 16.6 Å². The number of aromatic nitrogens is 1. The van der Waals surface area contributed by atoms with Crippen LogP contribution in [0.3, 0.4) is 0 Å². The van der Waals surface area contributed by atoms with Gasteiger partial charge in [-0.2, -0.15) is 4.73 Å². The van der Waals surface area contributed by atoms with Gasteiger partial charge in [-0.15, -0.1) is 0 Å². The van der Waals surface area contributed by atoms with Crippen molar-refractivity contribution in [3.05, 3.63) is 93.8 Å². The number of hydrogen-bond donors (Lipinski definition) is 1. The molecule has 1 heterocycles. The third-order valence-electron chi connectivity index (χ3n) is 4.28. The fourth-order valence-corrected chi connectivity index (χ4v) is 3.77. The van der Waals surface area contributed by atoms with Crippen LogP contribution in [-0.4, -0.2) is 24.6 Å². The van der Waals surface area contributed by atoms with Gasteiger partial charge in [-0.25, -0.2) is 8.42 Å². The van der Waals surface area contributed by atoms with Crippen LogP contribution in [0.5, 0.6) is 0 Å². The largest absolute Gasteiger partial charge is 0.428 e. The molecule has 0 saturated carbocycles. The fourth-order valence-electron chi connectivity index (χ4n) is 2.69. The molecule has 0 fully saturated rings. The van der Waals surface area contributed by atoms with Crippen LogP contribution in [0.1, 0.15) is 22.3 Å². The fraction of sp³-hybridized carbons (Fsp3) is 0.136. The van der Waals surface area contributed by atoms with Crippen molar-refractivity contribution in [1.29, 1.82) is 0 Å². The van der Waals surface area contributed by atoms with Crippen molar-refractivity contribution >= 4 is 27.9 Å². The molecular formula is C22H20N2O3S2. The molecule has 0 aliphatic carbocycles. The average molecular weight is 425 g/mol. The van der Waals surface area contributed by atoms with E-state index in [1.807, 2.05) is 31.2 Å². The quantitative estimate of drug-likeness (QED) is 0.389. The van der Waals surface area contributed by atoms with Gasteiger partial charge in [-0.3, -0.25) is 4.31 Å². The third-order valence-corrected chi connectivity index (χ3v) is 5.87. The van der Waals surface area contributed by atoms with E-state index in [9.17, 15) is 13.6 Å². The maximum Gasteiger partial charge on any atom is 0.232 e. The highest BCUT2D eigenvalue weighted by Gasteiger charge is 2.19. The van der Waals surface area contributed by atoms with E-state index < -0.39 is 10.0 Å². The summed E-state index contributed by atoms with van der Waals surface area (Å²) in [5, 5.41) is 9.72. The second kappa shape index (κ2) is 8.52. The molecule has 0 aliphatic heterocycles. The number of hydrogen-bond acceptors (Lipinski definition) is 4. The highest BCUT2D eigenvalue weighted by atomic mass is 32.2. The van der Waals surface area contributed by atoms with Gasteiger partial charge in [0.2, 0.25) is 10.0 Å². The predicted molar refractivity (Wildman–Crippen MR) is 117 cm³/mol. The summed E-state index contributed by atoms with van der Waals surface area (Å²) in [6.07, 6.45) is 2.54. The molecule has 0 atom stereocenters. The van der Waals surface area contributed by atoms with Crippen molar-refractivity contribution in [2.24, 2.45) is 0 Å². The van der Waals surface area contributed by atoms with E-state index in [2.05, 4.69) is 11.8 Å². The van der Waals surface area contributed by atoms with Crippen LogP contribution in [0.4, 0.5) is 5.69 Å². The minimum Gasteiger partial charge on any atom is -0.428 e. The SMILES string of the molecule is Cc1ccc(C#Cc2ccc(N(Cc3cccn(O)c3=S)S(C)(=O)=O)cc2)cc1. The lowest BCUT2D eigenvalue weighted by Gasteiger charge is -2.22. The van der Waals surface area contributed by atoms with Crippen molar-refractivity contribution in [3.8, 4) is 11.8 Å². The summed E-state index contributed by atoms with van der Waals surface area (Å²) in [5.74, 6) is 6.17. The molecule has 7 heteroatoms. The van der Waals surface area contributed by atoms with E-state index in [-0.39, 0.29) is 11.2 Å². The molecule has 0 unspecified atom stereocenters. The Morgan fingerprint density at radius 3 is 2.10 bits per heavy atom. The Labute approximate surface area is 175 Å². The van der Waals surface area contributed by atoms with Gasteiger partial charge in [0, 0.05) is 22.9 Å². The maximum absolute atomic E-state index is 12.4. The van der Waals surface area contributed by atoms with Gasteiger partial charge in [0.15, 0.2) is 0 Å². The summed E-state index contributed by atoms with van der Waals surface area (Å²) in [6, 6.07) is 18.2. The van der Waals surface area contributed by atoms with Gasteiger partial charge in [-0.05, 0) is 49.4 Å². The number of nitrogens with zero attached hydrogens (tertiary/aromatic N) is 2. The predicted octanol–water partition coefficient (Wildman–Crippen LogP) is 4.13. The second-order valence-corrected chi connectivity index (χ2v) is 8.91. The average Bonchev–Trinajstić information content (AvgIpc) is 2.68. The Morgan fingerprint density at radius 1 is 1.00 bits per heavy atom. The van der Waals surface area contributed by atoms with Crippen molar-refractivity contribution in [2.75, 3.05) is 10.6 Å². The van der Waals surface area contributed by atoms with E-state index in [4.69, 9.17) is 12.2 Å². The van der Waals surface area contributed by atoms with E-state index >= 15 is 0 Å². The molecule has 5 nitrogen and oxygen atoms in total. The minimum absolute atomic E-state index is 0.0213. The van der Waals surface area contributed by atoms with Crippen molar-refractivity contribution in [2.45, 2.75) is 13.5 Å². The molecule has 0 amide bonds. The van der Waals surface area contributed by atoms with Crippen molar-refractivity contribution in [3.63, 3.8) is 0 Å². The molecule has 1 N–H and O–H groups in total. The third kappa shape index (κ3) is 5.25. The van der Waals surface area contributed by atoms with Gasteiger partial charge in [0.05, 0.1) is 18.5 Å². The monoisotopic (exact) mass is 424 g/mol. The summed E-state index contributed by atoms with van der Waals surface area (Å²) in [5.41, 5.74) is 3.89. The van der Waals surface area contributed by atoms with E-state index in [1.54, 1.807) is 36.4 Å². The molecule has 3 aromatic rings. The van der Waals surface area contributed by atoms with Gasteiger partial charge in [0.25, 0.3) is 0 Å². The minimum atomic E-state index is -3.56. The first kappa shape index (κ1) is 20.6. The lowest BCUT2D eigenvalue weighted by molar-refractivity contribution is 0.179. The first-order valence-electron chi connectivity index (χ1n) is 8.80. The van der Waals surface area contributed by atoms with Crippen molar-refractivity contribution < 1.29 is 13.6 Å². The van der Waals surface area contributed by atoms with Crippen LogP contribution in [0.2, 0.25) is 0 Å². The van der Waals surface area contributed by atoms with E-state index in [1.165, 1.54) is 16.1 Å². The zero-order chi connectivity index (χ0) is 21.0. The molecule has 148 valence electrons. The summed E-state index contributed by atoms with van der Waals surface area (Å²) >= 11 is 5.17. The molecule has 0 spiro atoms. The number of anilines is 1. The molecule has 0 aliphatic rings. The lowest BCUT2D eigenvalue weighted by Crippen LogP contribution is -2.29. The van der Waals surface area contributed by atoms with Crippen LogP contribution >= 0.6 is 12.2 Å². The van der Waals surface area contributed by atoms with E-state index in [0.717, 1.165) is 22.1 Å². The Hall–Kier alpha value is -3.08. The van der Waals surface area contributed by atoms with Crippen LogP contribution < -0.4 is 4.31 Å². The molecule has 29 heavy (non-hydrogen) atoms. The Morgan fingerprint density at radius 2 is 1.55 bits per heavy atom. The summed E-state index contributed by atoms with van der Waals surface area (Å²) in [7, 11) is -3.56. The van der Waals surface area contributed by atoms with Crippen molar-refractivity contribution in [1.82, 2.24) is 4.73 Å². The summed E-state index contributed by atoms with van der Waals surface area (Å²) < 4.78 is 26.9. The number of benzene rings is 2. The molecule has 0 bridgehead atoms. The number of aryl methyl sites for hydroxylation is 1. The molecule has 2 aromatic carbocycles. The first-order valence-corrected chi connectivity index (χ1v) is 11.1. The van der Waals surface area contributed by atoms with Gasteiger partial charge < -0.3 is 5.21 Å². The van der Waals surface area contributed by atoms with Crippen LogP contribution in [0.15, 0.2) is 66.9 Å². The summed E-state index contributed by atoms with van der Waals surface area (Å²) in [4.78, 5) is 0. The lowest BCUT2D eigenvalue weighted by atomic mass is 10.1. The van der Waals surface area contributed by atoms with Gasteiger partial charge in [0.1, 0.15) is 4.64 Å². The van der Waals surface area contributed by atoms with E-state index in [0.29, 0.717) is 11.3 Å². The zero-order valence-corrected chi connectivity index (χ0v) is 17.7. The molecule has 0 saturated heterocycles. The number of rotatable bonds is 4. The second-order valence-electron chi connectivity index (χ2n) is 6.62. The highest BCUT2D eigenvalue weighted by Crippen LogP contribution is 2.21. The summed E-state index contributed by atoms with van der Waals surface area (Å²) in [6.45, 7) is 2.04. The number of pyridine rings is 1. The molecule has 1 aromatic heterocycles. The van der Waals surface area contributed by atoms with Gasteiger partial charge >= 0.3 is 0 Å². The maximum atomic E-state index is 12.4. The number of sulfonamides is 1. The Bertz CT molecular complexity index is 1230.